The van der Waals surface area contributed by atoms with Gasteiger partial charge in [0.05, 0.1) is 16.9 Å². The molecule has 0 fully saturated rings. The van der Waals surface area contributed by atoms with E-state index in [-0.39, 0.29) is 0 Å². The summed E-state index contributed by atoms with van der Waals surface area (Å²) in [7, 11) is 0. The van der Waals surface area contributed by atoms with E-state index in [0.29, 0.717) is 28.4 Å². The highest BCUT2D eigenvalue weighted by Crippen LogP contribution is 2.23. The maximum atomic E-state index is 6.12. The number of hydrogen-bond donors (Lipinski definition) is 2. The van der Waals surface area contributed by atoms with E-state index >= 15 is 0 Å². The first kappa shape index (κ1) is 15.5. The van der Waals surface area contributed by atoms with Gasteiger partial charge in [0.2, 0.25) is 5.95 Å². The summed E-state index contributed by atoms with van der Waals surface area (Å²) < 4.78 is 0. The number of anilines is 3. The van der Waals surface area contributed by atoms with E-state index in [1.165, 1.54) is 6.20 Å². The Kier molecular flexibility index (Phi) is 4.90. The second-order valence-electron chi connectivity index (χ2n) is 4.75. The van der Waals surface area contributed by atoms with Gasteiger partial charge in [-0.05, 0) is 29.8 Å². The molecule has 0 aliphatic heterocycles. The van der Waals surface area contributed by atoms with Gasteiger partial charge in [0.25, 0.3) is 0 Å². The van der Waals surface area contributed by atoms with Crippen LogP contribution < -0.4 is 10.6 Å². The number of rotatable bonds is 5. The summed E-state index contributed by atoms with van der Waals surface area (Å²) >= 11 is 12.0. The molecule has 0 amide bonds. The first-order valence-electron chi connectivity index (χ1n) is 6.90. The van der Waals surface area contributed by atoms with Gasteiger partial charge in [0.15, 0.2) is 5.82 Å². The quantitative estimate of drug-likeness (QED) is 0.710. The molecule has 2 N–H and O–H groups in total. The van der Waals surface area contributed by atoms with Crippen molar-refractivity contribution in [2.45, 2.75) is 6.54 Å². The van der Waals surface area contributed by atoms with E-state index in [4.69, 9.17) is 23.2 Å². The van der Waals surface area contributed by atoms with Gasteiger partial charge in [-0.1, -0.05) is 47.5 Å². The zero-order valence-electron chi connectivity index (χ0n) is 12.0. The fraction of sp³-hybridized carbons (Fsp3) is 0.0625. The molecule has 1 heterocycles. The first-order chi connectivity index (χ1) is 11.2. The highest BCUT2D eigenvalue weighted by Gasteiger charge is 2.04. The van der Waals surface area contributed by atoms with Gasteiger partial charge >= 0.3 is 0 Å². The molecule has 3 aromatic rings. The fourth-order valence-electron chi connectivity index (χ4n) is 1.92. The van der Waals surface area contributed by atoms with Crippen LogP contribution in [0, 0.1) is 0 Å². The van der Waals surface area contributed by atoms with Crippen LogP contribution in [0.15, 0.2) is 54.7 Å². The van der Waals surface area contributed by atoms with Crippen molar-refractivity contribution in [2.75, 3.05) is 10.6 Å². The second-order valence-corrected chi connectivity index (χ2v) is 5.59. The average Bonchev–Trinajstić information content (AvgIpc) is 2.57. The number of nitrogens with zero attached hydrogens (tertiary/aromatic N) is 3. The largest absolute Gasteiger partial charge is 0.349 e. The number of nitrogens with one attached hydrogen (secondary N) is 2. The number of hydrogen-bond acceptors (Lipinski definition) is 5. The predicted molar refractivity (Wildman–Crippen MR) is 93.3 cm³/mol. The second kappa shape index (κ2) is 7.26. The lowest BCUT2D eigenvalue weighted by molar-refractivity contribution is 0.949. The minimum atomic E-state index is 0.428. The van der Waals surface area contributed by atoms with Gasteiger partial charge in [-0.15, -0.1) is 5.10 Å². The Labute approximate surface area is 143 Å². The van der Waals surface area contributed by atoms with Crippen LogP contribution in [0.1, 0.15) is 5.56 Å². The van der Waals surface area contributed by atoms with E-state index in [1.54, 1.807) is 6.07 Å². The van der Waals surface area contributed by atoms with E-state index in [0.717, 1.165) is 11.3 Å². The van der Waals surface area contributed by atoms with Crippen LogP contribution >= 0.6 is 23.2 Å². The Hall–Kier alpha value is -2.37. The van der Waals surface area contributed by atoms with Crippen LogP contribution in [0.2, 0.25) is 10.0 Å². The van der Waals surface area contributed by atoms with Gasteiger partial charge in [-0.25, -0.2) is 0 Å². The highest BCUT2D eigenvalue weighted by atomic mass is 35.5. The van der Waals surface area contributed by atoms with Crippen molar-refractivity contribution in [3.05, 3.63) is 70.3 Å². The van der Waals surface area contributed by atoms with Crippen LogP contribution in [0.25, 0.3) is 0 Å². The third kappa shape index (κ3) is 4.31. The van der Waals surface area contributed by atoms with Gasteiger partial charge in [0.1, 0.15) is 0 Å². The van der Waals surface area contributed by atoms with Crippen molar-refractivity contribution < 1.29 is 0 Å². The highest BCUT2D eigenvalue weighted by molar-refractivity contribution is 6.33. The zero-order valence-corrected chi connectivity index (χ0v) is 13.5. The normalized spacial score (nSPS) is 10.3. The number of halogens is 2. The Bertz CT molecular complexity index is 792. The van der Waals surface area contributed by atoms with Gasteiger partial charge in [0, 0.05) is 11.6 Å². The van der Waals surface area contributed by atoms with Crippen molar-refractivity contribution in [1.29, 1.82) is 0 Å². The van der Waals surface area contributed by atoms with E-state index in [9.17, 15) is 0 Å². The zero-order chi connectivity index (χ0) is 16.1. The van der Waals surface area contributed by atoms with Gasteiger partial charge in [-0.2, -0.15) is 10.1 Å². The molecule has 2 aromatic carbocycles. The summed E-state index contributed by atoms with van der Waals surface area (Å²) in [6.45, 7) is 0.578. The molecule has 1 aromatic heterocycles. The molecule has 116 valence electrons. The van der Waals surface area contributed by atoms with Crippen molar-refractivity contribution in [1.82, 2.24) is 15.2 Å². The lowest BCUT2D eigenvalue weighted by Gasteiger charge is -2.09. The summed E-state index contributed by atoms with van der Waals surface area (Å²) in [5.74, 6) is 0.990. The van der Waals surface area contributed by atoms with Gasteiger partial charge < -0.3 is 10.6 Å². The summed E-state index contributed by atoms with van der Waals surface area (Å²) in [6.07, 6.45) is 1.54. The van der Waals surface area contributed by atoms with Crippen LogP contribution in [-0.2, 0) is 6.54 Å². The number of benzene rings is 2. The Balaban J connectivity index is 1.67. The molecule has 0 bridgehead atoms. The van der Waals surface area contributed by atoms with E-state index in [2.05, 4.69) is 25.8 Å². The number of aromatic nitrogens is 3. The molecule has 7 heteroatoms. The molecule has 0 radical (unpaired) electrons. The van der Waals surface area contributed by atoms with Crippen molar-refractivity contribution >= 4 is 40.7 Å². The van der Waals surface area contributed by atoms with Crippen LogP contribution in [0.5, 0.6) is 0 Å². The molecule has 23 heavy (non-hydrogen) atoms. The summed E-state index contributed by atoms with van der Waals surface area (Å²) in [5, 5.41) is 15.5. The third-order valence-electron chi connectivity index (χ3n) is 3.06. The van der Waals surface area contributed by atoms with Gasteiger partial charge in [-0.3, -0.25) is 0 Å². The third-order valence-corrected chi connectivity index (χ3v) is 3.64. The Morgan fingerprint density at radius 2 is 1.74 bits per heavy atom. The van der Waals surface area contributed by atoms with Crippen LogP contribution in [-0.4, -0.2) is 15.2 Å². The maximum absolute atomic E-state index is 6.12. The topological polar surface area (TPSA) is 62.7 Å². The summed E-state index contributed by atoms with van der Waals surface area (Å²) in [6, 6.07) is 15.0. The minimum absolute atomic E-state index is 0.428. The van der Waals surface area contributed by atoms with Crippen molar-refractivity contribution in [2.24, 2.45) is 0 Å². The molecule has 0 atom stereocenters. The van der Waals surface area contributed by atoms with Crippen molar-refractivity contribution in [3.63, 3.8) is 0 Å². The standard InChI is InChI=1S/C16H13Cl2N5/c17-12-7-5-11(6-8-12)9-19-16-22-15(10-20-23-16)21-14-4-2-1-3-13(14)18/h1-8,10H,9H2,(H2,19,21,22,23). The maximum Gasteiger partial charge on any atom is 0.244 e. The molecule has 3 rings (SSSR count). The SMILES string of the molecule is Clc1ccc(CNc2nncc(Nc3ccccc3Cl)n2)cc1. The monoisotopic (exact) mass is 345 g/mol. The molecule has 0 saturated carbocycles. The fourth-order valence-corrected chi connectivity index (χ4v) is 2.23. The minimum Gasteiger partial charge on any atom is -0.349 e. The smallest absolute Gasteiger partial charge is 0.244 e. The Morgan fingerprint density at radius 3 is 2.52 bits per heavy atom. The average molecular weight is 346 g/mol. The number of para-hydroxylation sites is 1. The molecule has 0 saturated heterocycles. The molecular formula is C16H13Cl2N5. The molecule has 0 aliphatic carbocycles. The predicted octanol–water partition coefficient (Wildman–Crippen LogP) is 4.53. The first-order valence-corrected chi connectivity index (χ1v) is 7.66. The molecule has 0 aliphatic rings. The van der Waals surface area contributed by atoms with Crippen molar-refractivity contribution in [3.8, 4) is 0 Å². The molecule has 0 unspecified atom stereocenters. The Morgan fingerprint density at radius 1 is 0.957 bits per heavy atom. The van der Waals surface area contributed by atoms with Crippen LogP contribution in [0.3, 0.4) is 0 Å². The molecule has 5 nitrogen and oxygen atoms in total. The van der Waals surface area contributed by atoms with Crippen LogP contribution in [0.4, 0.5) is 17.5 Å². The summed E-state index contributed by atoms with van der Waals surface area (Å²) in [5.41, 5.74) is 1.83. The lowest BCUT2D eigenvalue weighted by atomic mass is 10.2. The molecule has 0 spiro atoms. The van der Waals surface area contributed by atoms with E-state index < -0.39 is 0 Å². The lowest BCUT2D eigenvalue weighted by Crippen LogP contribution is -2.06. The van der Waals surface area contributed by atoms with E-state index in [1.807, 2.05) is 42.5 Å². The summed E-state index contributed by atoms with van der Waals surface area (Å²) in [4.78, 5) is 4.36. The molecular weight excluding hydrogens is 333 g/mol.